The predicted octanol–water partition coefficient (Wildman–Crippen LogP) is 5.28. The van der Waals surface area contributed by atoms with Crippen molar-refractivity contribution in [2.75, 3.05) is 13.1 Å². The summed E-state index contributed by atoms with van der Waals surface area (Å²) < 4.78 is 59.7. The molecule has 0 radical (unpaired) electrons. The summed E-state index contributed by atoms with van der Waals surface area (Å²) in [4.78, 5) is 41.2. The van der Waals surface area contributed by atoms with Gasteiger partial charge in [-0.2, -0.15) is 18.3 Å². The van der Waals surface area contributed by atoms with E-state index in [9.17, 15) is 37.8 Å². The fourth-order valence-electron chi connectivity index (χ4n) is 8.55. The third-order valence-corrected chi connectivity index (χ3v) is 11.8. The molecule has 1 aromatic rings. The molecule has 0 spiro atoms. The van der Waals surface area contributed by atoms with Gasteiger partial charge in [0.25, 0.3) is 5.91 Å². The van der Waals surface area contributed by atoms with Gasteiger partial charge in [0.1, 0.15) is 6.17 Å². The van der Waals surface area contributed by atoms with Gasteiger partial charge >= 0.3 is 12.1 Å². The number of piperidine rings is 1. The average molecular weight is 646 g/mol. The zero-order chi connectivity index (χ0) is 31.6. The zero-order valence-corrected chi connectivity index (χ0v) is 25.3. The monoisotopic (exact) mass is 645 g/mol. The molecule has 0 bridgehead atoms. The Morgan fingerprint density at radius 1 is 0.955 bits per heavy atom. The number of halogens is 5. The van der Waals surface area contributed by atoms with Crippen LogP contribution in [0.5, 0.6) is 0 Å². The molecule has 13 heteroatoms. The summed E-state index contributed by atoms with van der Waals surface area (Å²) in [5.41, 5.74) is -0.516. The van der Waals surface area contributed by atoms with Crippen molar-refractivity contribution in [3.05, 3.63) is 17.0 Å². The molecule has 3 saturated carbocycles. The number of aliphatic hydroxyl groups excluding tert-OH is 1. The van der Waals surface area contributed by atoms with Crippen molar-refractivity contribution in [3.8, 4) is 0 Å². The van der Waals surface area contributed by atoms with Crippen molar-refractivity contribution < 1.29 is 42.2 Å². The number of nitrogens with zero attached hydrogens (tertiary/aromatic N) is 3. The minimum Gasteiger partial charge on any atom is -0.481 e. The number of carboxylic acids is 1. The van der Waals surface area contributed by atoms with E-state index in [0.717, 1.165) is 4.68 Å². The first kappa shape index (κ1) is 31.8. The van der Waals surface area contributed by atoms with Crippen LogP contribution in [-0.4, -0.2) is 79.6 Å². The van der Waals surface area contributed by atoms with E-state index in [-0.39, 0.29) is 50.9 Å². The van der Waals surface area contributed by atoms with Crippen molar-refractivity contribution in [2.45, 2.75) is 113 Å². The highest BCUT2D eigenvalue weighted by atomic mass is 35.5. The maximum absolute atomic E-state index is 15.6. The zero-order valence-electron chi connectivity index (χ0n) is 24.6. The topological polar surface area (TPSA) is 113 Å². The van der Waals surface area contributed by atoms with Gasteiger partial charge in [-0.1, -0.05) is 6.42 Å². The average Bonchev–Trinajstić information content (AvgIpc) is 3.73. The van der Waals surface area contributed by atoms with Crippen molar-refractivity contribution in [1.82, 2.24) is 14.7 Å². The van der Waals surface area contributed by atoms with Crippen LogP contribution in [0, 0.1) is 29.1 Å². The first-order valence-electron chi connectivity index (χ1n) is 16.0. The molecule has 244 valence electrons. The normalized spacial score (nSPS) is 34.3. The summed E-state index contributed by atoms with van der Waals surface area (Å²) in [6, 6.07) is 0. The number of carbonyl (C=O) groups is 3. The highest BCUT2D eigenvalue weighted by Crippen LogP contribution is 2.66. The van der Waals surface area contributed by atoms with E-state index in [4.69, 9.17) is 11.6 Å². The predicted molar refractivity (Wildman–Crippen MR) is 151 cm³/mol. The fourth-order valence-corrected chi connectivity index (χ4v) is 8.99. The number of hydrogen-bond acceptors (Lipinski definition) is 5. The number of hydrogen-bond donors (Lipinski definition) is 2. The van der Waals surface area contributed by atoms with Gasteiger partial charge < -0.3 is 15.1 Å². The second-order valence-electron chi connectivity index (χ2n) is 13.8. The number of alkyl halides is 5. The number of carboxylic acid groups (broad SMARTS) is 1. The summed E-state index contributed by atoms with van der Waals surface area (Å²) in [5, 5.41) is 23.1. The lowest BCUT2D eigenvalue weighted by atomic mass is 9.69. The van der Waals surface area contributed by atoms with Gasteiger partial charge in [-0.3, -0.25) is 14.4 Å². The summed E-state index contributed by atoms with van der Waals surface area (Å²) in [6.45, 7) is 0.834. The Labute approximate surface area is 258 Å². The lowest BCUT2D eigenvalue weighted by Gasteiger charge is -2.40. The standard InChI is InChI=1S/C31H40ClF4N3O5/c32-22-3-1-2-21(30(10-11-30)31(34,35)36)25(22)28(42)39-24-15-16(27(41)38-12-8-18(40)9-13-38)4-7-20(24)26(37-39)19-6-5-17(29(43)44)14-23(19)33/h16-19,21-23,25,40H,1-15H2,(H,43,44). The Hall–Kier alpha value is -2.21. The number of fused-ring (bicyclic) bond motifs is 1. The van der Waals surface area contributed by atoms with Crippen molar-refractivity contribution in [3.63, 3.8) is 0 Å². The minimum atomic E-state index is -4.47. The molecule has 1 amide bonds. The lowest BCUT2D eigenvalue weighted by molar-refractivity contribution is -0.209. The SMILES string of the molecule is O=C(O)C1CCC(c2nn(C(=O)C3C(Cl)CCCC3C3(C(F)(F)F)CC3)c3c2CCC(C(=O)N2CCC(O)CC2)C3)C(F)C1. The van der Waals surface area contributed by atoms with Gasteiger partial charge in [-0.25, -0.2) is 9.07 Å². The number of carbonyl (C=O) groups excluding carboxylic acids is 2. The summed E-state index contributed by atoms with van der Waals surface area (Å²) in [7, 11) is 0. The molecule has 1 aromatic heterocycles. The van der Waals surface area contributed by atoms with Crippen LogP contribution in [0.25, 0.3) is 0 Å². The van der Waals surface area contributed by atoms with Gasteiger partial charge in [-0.15, -0.1) is 11.6 Å². The first-order valence-corrected chi connectivity index (χ1v) is 16.5. The van der Waals surface area contributed by atoms with Gasteiger partial charge in [0.2, 0.25) is 5.91 Å². The third-order valence-electron chi connectivity index (χ3n) is 11.3. The summed E-state index contributed by atoms with van der Waals surface area (Å²) >= 11 is 6.68. The van der Waals surface area contributed by atoms with Gasteiger partial charge in [-0.05, 0) is 82.1 Å². The molecule has 2 N–H and O–H groups in total. The van der Waals surface area contributed by atoms with Crippen molar-refractivity contribution >= 4 is 29.4 Å². The number of rotatable bonds is 5. The van der Waals surface area contributed by atoms with Crippen molar-refractivity contribution in [1.29, 1.82) is 0 Å². The number of amides is 1. The summed E-state index contributed by atoms with van der Waals surface area (Å²) in [6.07, 6.45) is -3.25. The smallest absolute Gasteiger partial charge is 0.394 e. The number of aliphatic hydroxyl groups is 1. The molecule has 5 aliphatic rings. The molecular weight excluding hydrogens is 606 g/mol. The second-order valence-corrected chi connectivity index (χ2v) is 14.3. The maximum Gasteiger partial charge on any atom is 0.394 e. The van der Waals surface area contributed by atoms with E-state index < -0.39 is 70.7 Å². The molecule has 0 aromatic carbocycles. The first-order chi connectivity index (χ1) is 20.8. The molecular formula is C31H40ClF4N3O5. The molecule has 4 aliphatic carbocycles. The Morgan fingerprint density at radius 2 is 1.66 bits per heavy atom. The van der Waals surface area contributed by atoms with E-state index >= 15 is 4.39 Å². The van der Waals surface area contributed by atoms with E-state index in [1.54, 1.807) is 4.90 Å². The van der Waals surface area contributed by atoms with Crippen LogP contribution in [-0.2, 0) is 22.4 Å². The number of aliphatic carboxylic acids is 1. The molecule has 7 unspecified atom stereocenters. The Bertz CT molecular complexity index is 1290. The molecule has 6 rings (SSSR count). The van der Waals surface area contributed by atoms with Crippen LogP contribution in [0.2, 0.25) is 0 Å². The van der Waals surface area contributed by atoms with Crippen LogP contribution in [0.3, 0.4) is 0 Å². The maximum atomic E-state index is 15.6. The molecule has 4 fully saturated rings. The van der Waals surface area contributed by atoms with Crippen molar-refractivity contribution in [2.24, 2.45) is 29.1 Å². The molecule has 8 nitrogen and oxygen atoms in total. The number of aromatic nitrogens is 2. The summed E-state index contributed by atoms with van der Waals surface area (Å²) in [5.74, 6) is -5.96. The van der Waals surface area contributed by atoms with Gasteiger partial charge in [0.05, 0.1) is 34.7 Å². The van der Waals surface area contributed by atoms with E-state index in [1.807, 2.05) is 0 Å². The highest BCUT2D eigenvalue weighted by molar-refractivity contribution is 6.22. The van der Waals surface area contributed by atoms with Crippen LogP contribution < -0.4 is 0 Å². The third kappa shape index (κ3) is 5.56. The lowest BCUT2D eigenvalue weighted by Crippen LogP contribution is -2.47. The van der Waals surface area contributed by atoms with Gasteiger partial charge in [0.15, 0.2) is 0 Å². The largest absolute Gasteiger partial charge is 0.481 e. The number of likely N-dealkylation sites (tertiary alicyclic amines) is 1. The van der Waals surface area contributed by atoms with Crippen LogP contribution in [0.15, 0.2) is 0 Å². The van der Waals surface area contributed by atoms with E-state index in [2.05, 4.69) is 5.10 Å². The minimum absolute atomic E-state index is 0.0471. The Balaban J connectivity index is 1.35. The second kappa shape index (κ2) is 11.9. The van der Waals surface area contributed by atoms with Crippen LogP contribution in [0.4, 0.5) is 17.6 Å². The highest BCUT2D eigenvalue weighted by Gasteiger charge is 2.69. The molecule has 7 atom stereocenters. The van der Waals surface area contributed by atoms with Crippen LogP contribution in [0.1, 0.15) is 98.3 Å². The van der Waals surface area contributed by atoms with E-state index in [0.29, 0.717) is 68.6 Å². The van der Waals surface area contributed by atoms with Crippen LogP contribution >= 0.6 is 11.6 Å². The molecule has 44 heavy (non-hydrogen) atoms. The Kier molecular flexibility index (Phi) is 8.56. The van der Waals surface area contributed by atoms with Gasteiger partial charge in [0, 0.05) is 36.7 Å². The van der Waals surface area contributed by atoms with E-state index in [1.165, 1.54) is 0 Å². The molecule has 1 aliphatic heterocycles. The fraction of sp³-hybridized carbons (Fsp3) is 0.806. The molecule has 2 heterocycles. The molecule has 1 saturated heterocycles. The quantitative estimate of drug-likeness (QED) is 0.333. The Morgan fingerprint density at radius 3 is 2.27 bits per heavy atom.